The van der Waals surface area contributed by atoms with Crippen molar-refractivity contribution in [2.24, 2.45) is 0 Å². The van der Waals surface area contributed by atoms with Crippen LogP contribution < -0.4 is 9.09 Å². The van der Waals surface area contributed by atoms with Crippen LogP contribution in [-0.4, -0.2) is 68.9 Å². The van der Waals surface area contributed by atoms with Crippen molar-refractivity contribution in [2.75, 3.05) is 12.4 Å². The number of aliphatic hydroxyl groups excluding tert-OH is 3. The zero-order valence-corrected chi connectivity index (χ0v) is 23.0. The Balaban J connectivity index is 1.52. The molecule has 3 aromatic carbocycles. The number of thioether (sulfide) groups is 1. The third-order valence-electron chi connectivity index (χ3n) is 6.06. The summed E-state index contributed by atoms with van der Waals surface area (Å²) in [5.41, 5.74) is 2.50. The number of benzene rings is 3. The molecule has 0 saturated carbocycles. The van der Waals surface area contributed by atoms with Gasteiger partial charge in [0, 0.05) is 0 Å². The van der Waals surface area contributed by atoms with Gasteiger partial charge in [-0.05, 0) is 24.6 Å². The average Bonchev–Trinajstić information content (AvgIpc) is 2.87. The molecule has 0 aliphatic carbocycles. The third-order valence-corrected chi connectivity index (χ3v) is 8.13. The minimum absolute atomic E-state index is 0.196. The SMILES string of the molecule is CCOc1ccc(Cc2cc([C@@H]3O[C@H](CSc4cc([As])ccc4F)[C@@H](O)[C@H](O)[C@H]3O)ccc2Cl)cc1. The summed E-state index contributed by atoms with van der Waals surface area (Å²) >= 11 is 10.0. The van der Waals surface area contributed by atoms with Crippen LogP contribution in [-0.2, 0) is 11.2 Å². The molecule has 9 heteroatoms. The van der Waals surface area contributed by atoms with Crippen LogP contribution in [0.25, 0.3) is 0 Å². The molecule has 4 rings (SSSR count). The summed E-state index contributed by atoms with van der Waals surface area (Å²) in [6.07, 6.45) is -5.23. The van der Waals surface area contributed by atoms with E-state index in [-0.39, 0.29) is 11.6 Å². The van der Waals surface area contributed by atoms with Gasteiger partial charge in [0.2, 0.25) is 0 Å². The van der Waals surface area contributed by atoms with Crippen LogP contribution in [0, 0.1) is 5.82 Å². The van der Waals surface area contributed by atoms with E-state index < -0.39 is 30.5 Å². The van der Waals surface area contributed by atoms with Gasteiger partial charge in [0.15, 0.2) is 0 Å². The molecule has 5 atom stereocenters. The molecule has 1 aliphatic rings. The van der Waals surface area contributed by atoms with Gasteiger partial charge in [-0.15, -0.1) is 0 Å². The second-order valence-electron chi connectivity index (χ2n) is 8.60. The Morgan fingerprint density at radius 2 is 1.75 bits per heavy atom. The first kappa shape index (κ1) is 27.5. The van der Waals surface area contributed by atoms with E-state index >= 15 is 0 Å². The summed E-state index contributed by atoms with van der Waals surface area (Å²) in [4.78, 5) is 0.422. The van der Waals surface area contributed by atoms with Crippen molar-refractivity contribution in [1.29, 1.82) is 0 Å². The maximum atomic E-state index is 14.2. The number of hydrogen-bond donors (Lipinski definition) is 3. The number of halogens is 2. The van der Waals surface area contributed by atoms with Crippen molar-refractivity contribution < 1.29 is 29.2 Å². The topological polar surface area (TPSA) is 79.2 Å². The van der Waals surface area contributed by atoms with Gasteiger partial charge in [0.05, 0.1) is 6.61 Å². The van der Waals surface area contributed by atoms with Crippen LogP contribution in [0.2, 0.25) is 5.02 Å². The molecule has 0 unspecified atom stereocenters. The molecule has 0 aromatic heterocycles. The van der Waals surface area contributed by atoms with E-state index in [1.807, 2.05) is 37.3 Å². The molecule has 3 N–H and O–H groups in total. The summed E-state index contributed by atoms with van der Waals surface area (Å²) in [5.74, 6) is 0.622. The molecule has 3 aromatic rings. The molecule has 1 saturated heterocycles. The Morgan fingerprint density at radius 3 is 2.47 bits per heavy atom. The molecule has 36 heavy (non-hydrogen) atoms. The van der Waals surface area contributed by atoms with Gasteiger partial charge in [0.25, 0.3) is 0 Å². The van der Waals surface area contributed by atoms with Crippen molar-refractivity contribution >= 4 is 44.6 Å². The van der Waals surface area contributed by atoms with Gasteiger partial charge in [-0.3, -0.25) is 0 Å². The molecular formula is C27H27AsClFO5S. The second kappa shape index (κ2) is 12.3. The Bertz CT molecular complexity index is 1180. The van der Waals surface area contributed by atoms with Crippen LogP contribution in [0.15, 0.2) is 65.6 Å². The summed E-state index contributed by atoms with van der Waals surface area (Å²) in [6, 6.07) is 17.8. The summed E-state index contributed by atoms with van der Waals surface area (Å²) in [7, 11) is 0. The fourth-order valence-corrected chi connectivity index (χ4v) is 5.97. The normalized spacial score (nSPS) is 24.0. The summed E-state index contributed by atoms with van der Waals surface area (Å²) in [6.45, 7) is 2.52. The van der Waals surface area contributed by atoms with Gasteiger partial charge in [-0.25, -0.2) is 0 Å². The van der Waals surface area contributed by atoms with Gasteiger partial charge in [0.1, 0.15) is 5.75 Å². The van der Waals surface area contributed by atoms with E-state index in [9.17, 15) is 19.7 Å². The zero-order valence-electron chi connectivity index (χ0n) is 19.6. The molecule has 5 nitrogen and oxygen atoms in total. The average molecular weight is 593 g/mol. The first-order chi connectivity index (χ1) is 17.3. The Morgan fingerprint density at radius 1 is 1.00 bits per heavy atom. The summed E-state index contributed by atoms with van der Waals surface area (Å²) in [5, 5.41) is 32.4. The van der Waals surface area contributed by atoms with Gasteiger partial charge in [-0.2, -0.15) is 0 Å². The van der Waals surface area contributed by atoms with E-state index in [0.717, 1.165) is 21.2 Å². The van der Waals surface area contributed by atoms with Crippen LogP contribution in [0.5, 0.6) is 5.75 Å². The number of aliphatic hydroxyl groups is 3. The maximum absolute atomic E-state index is 14.2. The molecule has 0 amide bonds. The summed E-state index contributed by atoms with van der Waals surface area (Å²) < 4.78 is 26.6. The zero-order chi connectivity index (χ0) is 25.8. The third kappa shape index (κ3) is 6.46. The first-order valence-electron chi connectivity index (χ1n) is 11.6. The molecule has 0 bridgehead atoms. The van der Waals surface area contributed by atoms with Crippen molar-refractivity contribution in [3.05, 3.63) is 88.2 Å². The number of hydrogen-bond acceptors (Lipinski definition) is 6. The van der Waals surface area contributed by atoms with E-state index in [0.29, 0.717) is 28.5 Å². The molecule has 0 spiro atoms. The molecule has 2 radical (unpaired) electrons. The second-order valence-corrected chi connectivity index (χ2v) is 11.1. The Hall–Kier alpha value is -1.57. The minimum atomic E-state index is -1.42. The van der Waals surface area contributed by atoms with Gasteiger partial charge < -0.3 is 4.74 Å². The standard InChI is InChI=1S/C27H27AsClFO5S/c1-2-34-19-7-3-15(4-8-19)11-17-12-16(5-9-20(17)29)27-26(33)25(32)24(31)22(35-27)14-36-23-13-18(28)6-10-21(23)30/h3-10,12-13,22,24-27,31-33H,2,11,14H2,1H3/t22-,24-,25+,26-,27+/m1/s1. The van der Waals surface area contributed by atoms with Crippen LogP contribution in [0.1, 0.15) is 29.7 Å². The number of rotatable bonds is 8. The van der Waals surface area contributed by atoms with Crippen molar-refractivity contribution in [2.45, 2.75) is 48.8 Å². The van der Waals surface area contributed by atoms with E-state index in [4.69, 9.17) is 21.1 Å². The monoisotopic (exact) mass is 592 g/mol. The van der Waals surface area contributed by atoms with E-state index in [2.05, 4.69) is 16.9 Å². The number of ether oxygens (including phenoxy) is 2. The fourth-order valence-electron chi connectivity index (χ4n) is 4.14. The predicted octanol–water partition coefficient (Wildman–Crippen LogP) is 3.58. The molecule has 1 aliphatic heterocycles. The molecule has 1 heterocycles. The van der Waals surface area contributed by atoms with Crippen molar-refractivity contribution in [3.63, 3.8) is 0 Å². The first-order valence-corrected chi connectivity index (χ1v) is 13.9. The van der Waals surface area contributed by atoms with Gasteiger partial charge in [-0.1, -0.05) is 23.7 Å². The van der Waals surface area contributed by atoms with Crippen LogP contribution >= 0.6 is 23.4 Å². The van der Waals surface area contributed by atoms with Crippen molar-refractivity contribution in [1.82, 2.24) is 0 Å². The fraction of sp³-hybridized carbons (Fsp3) is 0.333. The van der Waals surface area contributed by atoms with E-state index in [1.54, 1.807) is 24.3 Å². The quantitative estimate of drug-likeness (QED) is 0.274. The molecule has 190 valence electrons. The van der Waals surface area contributed by atoms with Crippen molar-refractivity contribution in [3.8, 4) is 5.75 Å². The van der Waals surface area contributed by atoms with Crippen LogP contribution in [0.4, 0.5) is 4.39 Å². The predicted molar refractivity (Wildman–Crippen MR) is 140 cm³/mol. The van der Waals surface area contributed by atoms with E-state index in [1.165, 1.54) is 17.8 Å². The van der Waals surface area contributed by atoms with Gasteiger partial charge >= 0.3 is 163 Å². The van der Waals surface area contributed by atoms with Crippen LogP contribution in [0.3, 0.4) is 0 Å². The molecule has 1 fully saturated rings. The minimum Gasteiger partial charge on any atom is -0.0840 e. The smallest absolute Gasteiger partial charge is 0.0840 e. The Labute approximate surface area is 228 Å². The Kier molecular flexibility index (Phi) is 9.39. The molecular weight excluding hydrogens is 566 g/mol.